The van der Waals surface area contributed by atoms with Gasteiger partial charge in [-0.15, -0.1) is 0 Å². The molecule has 1 aliphatic rings. The minimum Gasteiger partial charge on any atom is -0.390 e. The average Bonchev–Trinajstić information content (AvgIpc) is 2.36. The molecule has 1 N–H and O–H groups in total. The van der Waals surface area contributed by atoms with E-state index in [0.29, 0.717) is 10.5 Å². The maximum absolute atomic E-state index is 9.56. The van der Waals surface area contributed by atoms with Crippen molar-refractivity contribution >= 4 is 17.4 Å². The third-order valence-corrected chi connectivity index (χ3v) is 4.52. The van der Waals surface area contributed by atoms with Crippen LogP contribution in [0.1, 0.15) is 45.1 Å². The Bertz CT molecular complexity index is 429. The van der Waals surface area contributed by atoms with Crippen LogP contribution in [0.2, 0.25) is 0 Å². The predicted octanol–water partition coefficient (Wildman–Crippen LogP) is 2.42. The largest absolute Gasteiger partial charge is 0.390 e. The van der Waals surface area contributed by atoms with Crippen molar-refractivity contribution < 1.29 is 5.11 Å². The molecule has 0 bridgehead atoms. The van der Waals surface area contributed by atoms with Crippen molar-refractivity contribution in [2.24, 2.45) is 0 Å². The molecule has 106 valence electrons. The Morgan fingerprint density at radius 1 is 1.37 bits per heavy atom. The first-order valence-corrected chi connectivity index (χ1v) is 7.82. The summed E-state index contributed by atoms with van der Waals surface area (Å²) in [7, 11) is 0. The summed E-state index contributed by atoms with van der Waals surface area (Å²) >= 11 is 2.02. The highest BCUT2D eigenvalue weighted by atomic mass is 32.2. The van der Waals surface area contributed by atoms with Crippen LogP contribution in [0.5, 0.6) is 0 Å². The molecule has 2 heterocycles. The van der Waals surface area contributed by atoms with E-state index in [1.807, 2.05) is 18.0 Å². The van der Waals surface area contributed by atoms with Crippen molar-refractivity contribution in [3.05, 3.63) is 17.7 Å². The molecule has 1 aromatic rings. The lowest BCUT2D eigenvalue weighted by molar-refractivity contribution is 0.276. The van der Waals surface area contributed by atoms with Gasteiger partial charge in [0.25, 0.3) is 0 Å². The third-order valence-electron chi connectivity index (χ3n) is 3.29. The third kappa shape index (κ3) is 3.39. The first-order chi connectivity index (χ1) is 9.01. The minimum atomic E-state index is -0.0238. The number of aliphatic hydroxyl groups excluding tert-OH is 1. The van der Waals surface area contributed by atoms with E-state index in [4.69, 9.17) is 0 Å². The second-order valence-electron chi connectivity index (χ2n) is 5.54. The number of hydrogen-bond acceptors (Lipinski definition) is 5. The summed E-state index contributed by atoms with van der Waals surface area (Å²) < 4.78 is 0. The molecule has 1 aromatic heterocycles. The van der Waals surface area contributed by atoms with Crippen LogP contribution in [0.25, 0.3) is 0 Å². The zero-order chi connectivity index (χ0) is 14.0. The quantitative estimate of drug-likeness (QED) is 0.922. The van der Waals surface area contributed by atoms with E-state index in [9.17, 15) is 5.11 Å². The van der Waals surface area contributed by atoms with Gasteiger partial charge in [0, 0.05) is 29.5 Å². The summed E-state index contributed by atoms with van der Waals surface area (Å²) in [6.45, 7) is 10.6. The van der Waals surface area contributed by atoms with E-state index in [0.717, 1.165) is 30.3 Å². The summed E-state index contributed by atoms with van der Waals surface area (Å²) in [5.41, 5.74) is 1.75. The van der Waals surface area contributed by atoms with Crippen molar-refractivity contribution in [1.29, 1.82) is 0 Å². The Kier molecular flexibility index (Phi) is 4.68. The lowest BCUT2D eigenvalue weighted by atomic mass is 10.2. The van der Waals surface area contributed by atoms with Crippen molar-refractivity contribution in [3.8, 4) is 0 Å². The van der Waals surface area contributed by atoms with Gasteiger partial charge in [-0.25, -0.2) is 9.97 Å². The molecule has 0 saturated carbocycles. The van der Waals surface area contributed by atoms with Crippen molar-refractivity contribution in [1.82, 2.24) is 9.97 Å². The molecule has 0 radical (unpaired) electrons. The number of nitrogens with zero attached hydrogens (tertiary/aromatic N) is 3. The molecule has 1 saturated heterocycles. The number of aliphatic hydroxyl groups is 1. The number of aromatic nitrogens is 2. The molecular formula is C14H23N3OS. The van der Waals surface area contributed by atoms with E-state index in [-0.39, 0.29) is 12.5 Å². The van der Waals surface area contributed by atoms with E-state index in [1.165, 1.54) is 0 Å². The van der Waals surface area contributed by atoms with Gasteiger partial charge in [0.05, 0.1) is 24.2 Å². The first-order valence-electron chi connectivity index (χ1n) is 6.88. The normalized spacial score (nSPS) is 24.0. The summed E-state index contributed by atoms with van der Waals surface area (Å²) in [6.07, 6.45) is 1.88. The summed E-state index contributed by atoms with van der Waals surface area (Å²) in [5.74, 6) is 1.09. The lowest BCUT2D eigenvalue weighted by Crippen LogP contribution is -2.41. The van der Waals surface area contributed by atoms with Crippen LogP contribution < -0.4 is 4.90 Å². The smallest absolute Gasteiger partial charge is 0.131 e. The fraction of sp³-hybridized carbons (Fsp3) is 0.714. The van der Waals surface area contributed by atoms with Crippen molar-refractivity contribution in [2.75, 3.05) is 18.0 Å². The Morgan fingerprint density at radius 2 is 2.00 bits per heavy atom. The Hall–Kier alpha value is -0.810. The summed E-state index contributed by atoms with van der Waals surface area (Å²) in [4.78, 5) is 11.3. The fourth-order valence-electron chi connectivity index (χ4n) is 2.46. The molecule has 5 heteroatoms. The highest BCUT2D eigenvalue weighted by Crippen LogP contribution is 2.30. The zero-order valence-electron chi connectivity index (χ0n) is 12.1. The molecule has 19 heavy (non-hydrogen) atoms. The van der Waals surface area contributed by atoms with Crippen molar-refractivity contribution in [3.63, 3.8) is 0 Å². The van der Waals surface area contributed by atoms with Gasteiger partial charge < -0.3 is 10.0 Å². The molecule has 0 amide bonds. The highest BCUT2D eigenvalue weighted by molar-refractivity contribution is 8.00. The van der Waals surface area contributed by atoms with E-state index in [1.54, 1.807) is 0 Å². The first kappa shape index (κ1) is 14.6. The Balaban J connectivity index is 2.28. The van der Waals surface area contributed by atoms with Gasteiger partial charge in [-0.3, -0.25) is 0 Å². The van der Waals surface area contributed by atoms with Crippen LogP contribution >= 0.6 is 11.8 Å². The van der Waals surface area contributed by atoms with Gasteiger partial charge >= 0.3 is 0 Å². The van der Waals surface area contributed by atoms with Crippen LogP contribution in [0, 0.1) is 0 Å². The second kappa shape index (κ2) is 6.09. The van der Waals surface area contributed by atoms with Gasteiger partial charge in [-0.05, 0) is 0 Å². The zero-order valence-corrected chi connectivity index (χ0v) is 12.9. The molecule has 0 aromatic carbocycles. The van der Waals surface area contributed by atoms with E-state index < -0.39 is 0 Å². The topological polar surface area (TPSA) is 49.2 Å². The number of hydrogen-bond donors (Lipinski definition) is 1. The molecule has 4 nitrogen and oxygen atoms in total. The van der Waals surface area contributed by atoms with Gasteiger partial charge in [-0.2, -0.15) is 11.8 Å². The molecule has 2 atom stereocenters. The molecule has 2 unspecified atom stereocenters. The Labute approximate surface area is 119 Å². The van der Waals surface area contributed by atoms with Gasteiger partial charge in [0.1, 0.15) is 5.82 Å². The number of anilines is 1. The number of thioether (sulfide) groups is 1. The van der Waals surface area contributed by atoms with E-state index in [2.05, 4.69) is 42.6 Å². The van der Waals surface area contributed by atoms with Crippen LogP contribution in [-0.4, -0.2) is 38.7 Å². The van der Waals surface area contributed by atoms with Gasteiger partial charge in [0.15, 0.2) is 0 Å². The second-order valence-corrected chi connectivity index (χ2v) is 7.42. The minimum absolute atomic E-state index is 0.0238. The van der Waals surface area contributed by atoms with Crippen LogP contribution in [-0.2, 0) is 6.61 Å². The lowest BCUT2D eigenvalue weighted by Gasteiger charge is -2.36. The van der Waals surface area contributed by atoms with Crippen molar-refractivity contribution in [2.45, 2.75) is 50.7 Å². The molecule has 1 aliphatic heterocycles. The fourth-order valence-corrected chi connectivity index (χ4v) is 3.78. The molecular weight excluding hydrogens is 258 g/mol. The molecule has 0 aliphatic carbocycles. The maximum Gasteiger partial charge on any atom is 0.131 e. The average molecular weight is 281 g/mol. The van der Waals surface area contributed by atoms with Crippen LogP contribution in [0.15, 0.2) is 6.20 Å². The highest BCUT2D eigenvalue weighted by Gasteiger charge is 2.25. The standard InChI is InChI=1S/C14H23N3OS/c1-9(2)14-15-5-13(12(8-18)16-14)17-6-10(3)19-11(4)7-17/h5,9-11,18H,6-8H2,1-4H3. The molecule has 0 spiro atoms. The monoisotopic (exact) mass is 281 g/mol. The number of rotatable bonds is 3. The van der Waals surface area contributed by atoms with Gasteiger partial charge in [0.2, 0.25) is 0 Å². The van der Waals surface area contributed by atoms with Gasteiger partial charge in [-0.1, -0.05) is 27.7 Å². The van der Waals surface area contributed by atoms with E-state index >= 15 is 0 Å². The summed E-state index contributed by atoms with van der Waals surface area (Å²) in [6, 6.07) is 0. The Morgan fingerprint density at radius 3 is 2.53 bits per heavy atom. The van der Waals surface area contributed by atoms with Crippen LogP contribution in [0.3, 0.4) is 0 Å². The maximum atomic E-state index is 9.56. The molecule has 2 rings (SSSR count). The van der Waals surface area contributed by atoms with Crippen LogP contribution in [0.4, 0.5) is 5.69 Å². The molecule has 1 fully saturated rings. The summed E-state index contributed by atoms with van der Waals surface area (Å²) in [5, 5.41) is 10.8. The SMILES string of the molecule is CC1CN(c2cnc(C(C)C)nc2CO)CC(C)S1. The predicted molar refractivity (Wildman–Crippen MR) is 80.8 cm³/mol.